The summed E-state index contributed by atoms with van der Waals surface area (Å²) in [6.45, 7) is 1.98. The number of hydrogen-bond donors (Lipinski definition) is 0. The lowest BCUT2D eigenvalue weighted by atomic mass is 9.58. The van der Waals surface area contributed by atoms with Gasteiger partial charge in [0.2, 0.25) is 5.91 Å². The summed E-state index contributed by atoms with van der Waals surface area (Å²) in [5.41, 5.74) is -0.665. The minimum atomic E-state index is -4.11. The van der Waals surface area contributed by atoms with Gasteiger partial charge in [-0.05, 0) is 24.7 Å². The van der Waals surface area contributed by atoms with Crippen LogP contribution < -0.4 is 0 Å². The lowest BCUT2D eigenvalue weighted by Crippen LogP contribution is -2.57. The van der Waals surface area contributed by atoms with Crippen LogP contribution in [0.4, 0.5) is 13.2 Å². The zero-order valence-electron chi connectivity index (χ0n) is 9.31. The molecule has 16 heavy (non-hydrogen) atoms. The number of likely N-dealkylation sites (tertiary alicyclic amines) is 1. The highest BCUT2D eigenvalue weighted by Gasteiger charge is 2.58. The Morgan fingerprint density at radius 2 is 2.00 bits per heavy atom. The van der Waals surface area contributed by atoms with Crippen molar-refractivity contribution in [2.45, 2.75) is 38.8 Å². The SMILES string of the molecule is CC(=O)N1CCC(C(F)(F)F)C2(CCC2)C1. The molecule has 2 aliphatic rings. The van der Waals surface area contributed by atoms with Gasteiger partial charge in [-0.3, -0.25) is 4.79 Å². The zero-order valence-corrected chi connectivity index (χ0v) is 9.31. The molecule has 2 fully saturated rings. The predicted octanol–water partition coefficient (Wildman–Crippen LogP) is 2.59. The highest BCUT2D eigenvalue weighted by Crippen LogP contribution is 2.56. The lowest BCUT2D eigenvalue weighted by Gasteiger charge is -2.54. The Morgan fingerprint density at radius 3 is 2.38 bits per heavy atom. The van der Waals surface area contributed by atoms with Gasteiger partial charge in [0, 0.05) is 20.0 Å². The summed E-state index contributed by atoms with van der Waals surface area (Å²) in [6, 6.07) is 0. The van der Waals surface area contributed by atoms with Crippen molar-refractivity contribution in [2.24, 2.45) is 11.3 Å². The Bertz CT molecular complexity index is 296. The average Bonchev–Trinajstić information content (AvgIpc) is 2.12. The molecule has 2 rings (SSSR count). The van der Waals surface area contributed by atoms with E-state index >= 15 is 0 Å². The van der Waals surface area contributed by atoms with Crippen LogP contribution in [-0.4, -0.2) is 30.1 Å². The quantitative estimate of drug-likeness (QED) is 0.632. The topological polar surface area (TPSA) is 20.3 Å². The summed E-state index contributed by atoms with van der Waals surface area (Å²) >= 11 is 0. The van der Waals surface area contributed by atoms with E-state index in [1.54, 1.807) is 4.90 Å². The van der Waals surface area contributed by atoms with Gasteiger partial charge in [-0.25, -0.2) is 0 Å². The fourth-order valence-corrected chi connectivity index (χ4v) is 3.08. The highest BCUT2D eigenvalue weighted by molar-refractivity contribution is 5.73. The number of piperidine rings is 1. The van der Waals surface area contributed by atoms with Crippen LogP contribution in [-0.2, 0) is 4.79 Å². The molecule has 0 N–H and O–H groups in total. The van der Waals surface area contributed by atoms with E-state index in [1.165, 1.54) is 6.92 Å². The number of carbonyl (C=O) groups is 1. The molecule has 1 unspecified atom stereocenters. The molecule has 1 saturated carbocycles. The van der Waals surface area contributed by atoms with Crippen molar-refractivity contribution >= 4 is 5.91 Å². The monoisotopic (exact) mass is 235 g/mol. The first-order valence-corrected chi connectivity index (χ1v) is 5.67. The van der Waals surface area contributed by atoms with E-state index in [0.29, 0.717) is 19.4 Å². The van der Waals surface area contributed by atoms with Crippen molar-refractivity contribution in [3.05, 3.63) is 0 Å². The number of alkyl halides is 3. The number of hydrogen-bond acceptors (Lipinski definition) is 1. The molecule has 1 saturated heterocycles. The van der Waals surface area contributed by atoms with Gasteiger partial charge >= 0.3 is 6.18 Å². The number of rotatable bonds is 0. The number of halogens is 3. The first-order chi connectivity index (χ1) is 7.35. The molecule has 1 spiro atoms. The van der Waals surface area contributed by atoms with Crippen LogP contribution in [0.25, 0.3) is 0 Å². The molecule has 0 bridgehead atoms. The van der Waals surface area contributed by atoms with Crippen molar-refractivity contribution in [1.82, 2.24) is 4.90 Å². The summed E-state index contributed by atoms with van der Waals surface area (Å²) in [5, 5.41) is 0. The van der Waals surface area contributed by atoms with Gasteiger partial charge in [-0.1, -0.05) is 6.42 Å². The van der Waals surface area contributed by atoms with Crippen LogP contribution in [0.5, 0.6) is 0 Å². The van der Waals surface area contributed by atoms with Gasteiger partial charge in [0.15, 0.2) is 0 Å². The van der Waals surface area contributed by atoms with E-state index in [9.17, 15) is 18.0 Å². The molecule has 0 aromatic rings. The number of amides is 1. The van der Waals surface area contributed by atoms with Crippen LogP contribution in [0.2, 0.25) is 0 Å². The Morgan fingerprint density at radius 1 is 1.38 bits per heavy atom. The van der Waals surface area contributed by atoms with Gasteiger partial charge in [0.05, 0.1) is 5.92 Å². The van der Waals surface area contributed by atoms with Crippen LogP contribution >= 0.6 is 0 Å². The van der Waals surface area contributed by atoms with E-state index in [-0.39, 0.29) is 18.9 Å². The molecule has 2 nitrogen and oxygen atoms in total. The molecule has 1 atom stereocenters. The van der Waals surface area contributed by atoms with E-state index in [4.69, 9.17) is 0 Å². The normalized spacial score (nSPS) is 29.0. The third-order valence-electron chi connectivity index (χ3n) is 4.12. The maximum absolute atomic E-state index is 12.9. The zero-order chi connectivity index (χ0) is 12.0. The smallest absolute Gasteiger partial charge is 0.342 e. The summed E-state index contributed by atoms with van der Waals surface area (Å²) < 4.78 is 38.6. The second kappa shape index (κ2) is 3.64. The minimum Gasteiger partial charge on any atom is -0.342 e. The first-order valence-electron chi connectivity index (χ1n) is 5.67. The van der Waals surface area contributed by atoms with Crippen LogP contribution in [0.15, 0.2) is 0 Å². The molecule has 0 aromatic carbocycles. The van der Waals surface area contributed by atoms with E-state index < -0.39 is 17.5 Å². The maximum Gasteiger partial charge on any atom is 0.392 e. The number of nitrogens with zero attached hydrogens (tertiary/aromatic N) is 1. The Hall–Kier alpha value is -0.740. The molecule has 1 aliphatic carbocycles. The first kappa shape index (κ1) is 11.7. The third-order valence-corrected chi connectivity index (χ3v) is 4.12. The lowest BCUT2D eigenvalue weighted by molar-refractivity contribution is -0.237. The third kappa shape index (κ3) is 1.80. The molecular formula is C11H16F3NO. The van der Waals surface area contributed by atoms with Crippen LogP contribution in [0.1, 0.15) is 32.6 Å². The van der Waals surface area contributed by atoms with E-state index in [1.807, 2.05) is 0 Å². The molecule has 92 valence electrons. The van der Waals surface area contributed by atoms with Crippen molar-refractivity contribution in [2.75, 3.05) is 13.1 Å². The second-order valence-corrected chi connectivity index (χ2v) is 5.04. The Labute approximate surface area is 92.8 Å². The summed E-state index contributed by atoms with van der Waals surface area (Å²) in [4.78, 5) is 12.8. The Kier molecular flexibility index (Phi) is 2.67. The molecule has 1 aliphatic heterocycles. The Balaban J connectivity index is 2.16. The standard InChI is InChI=1S/C11H16F3NO/c1-8(16)15-6-3-9(11(12,13)14)10(7-15)4-2-5-10/h9H,2-7H2,1H3. The van der Waals surface area contributed by atoms with Crippen LogP contribution in [0, 0.1) is 11.3 Å². The summed E-state index contributed by atoms with van der Waals surface area (Å²) in [7, 11) is 0. The summed E-state index contributed by atoms with van der Waals surface area (Å²) in [6.07, 6.45) is -1.95. The van der Waals surface area contributed by atoms with Crippen molar-refractivity contribution in [3.8, 4) is 0 Å². The average molecular weight is 235 g/mol. The van der Waals surface area contributed by atoms with Gasteiger partial charge in [-0.2, -0.15) is 13.2 Å². The van der Waals surface area contributed by atoms with Gasteiger partial charge < -0.3 is 4.90 Å². The number of carbonyl (C=O) groups excluding carboxylic acids is 1. The molecule has 0 radical (unpaired) electrons. The molecular weight excluding hydrogens is 219 g/mol. The highest BCUT2D eigenvalue weighted by atomic mass is 19.4. The predicted molar refractivity (Wildman–Crippen MR) is 52.7 cm³/mol. The second-order valence-electron chi connectivity index (χ2n) is 5.04. The summed E-state index contributed by atoms with van der Waals surface area (Å²) in [5.74, 6) is -1.31. The van der Waals surface area contributed by atoms with Crippen molar-refractivity contribution in [3.63, 3.8) is 0 Å². The maximum atomic E-state index is 12.9. The fourth-order valence-electron chi connectivity index (χ4n) is 3.08. The minimum absolute atomic E-state index is 0.0725. The van der Waals surface area contributed by atoms with Gasteiger partial charge in [-0.15, -0.1) is 0 Å². The molecule has 0 aromatic heterocycles. The molecule has 1 amide bonds. The van der Waals surface area contributed by atoms with Gasteiger partial charge in [0.1, 0.15) is 0 Å². The van der Waals surface area contributed by atoms with Crippen molar-refractivity contribution < 1.29 is 18.0 Å². The van der Waals surface area contributed by atoms with Gasteiger partial charge in [0.25, 0.3) is 0 Å². The van der Waals surface area contributed by atoms with Crippen molar-refractivity contribution in [1.29, 1.82) is 0 Å². The fraction of sp³-hybridized carbons (Fsp3) is 0.909. The van der Waals surface area contributed by atoms with Crippen LogP contribution in [0.3, 0.4) is 0 Å². The molecule has 1 heterocycles. The largest absolute Gasteiger partial charge is 0.392 e. The molecule has 5 heteroatoms. The van der Waals surface area contributed by atoms with E-state index in [0.717, 1.165) is 6.42 Å². The van der Waals surface area contributed by atoms with E-state index in [2.05, 4.69) is 0 Å².